The quantitative estimate of drug-likeness (QED) is 0.702. The minimum Gasteiger partial charge on any atom is -0.298 e. The van der Waals surface area contributed by atoms with E-state index in [2.05, 4.69) is 16.4 Å². The highest BCUT2D eigenvalue weighted by atomic mass is 32.1. The Hall–Kier alpha value is -3.06. The summed E-state index contributed by atoms with van der Waals surface area (Å²) in [5, 5.41) is 3.33. The van der Waals surface area contributed by atoms with Gasteiger partial charge in [-0.15, -0.1) is 0 Å². The molecular weight excluding hydrogens is 362 g/mol. The molecular formula is C20H17N3O3S. The monoisotopic (exact) mass is 379 g/mol. The third kappa shape index (κ3) is 3.21. The van der Waals surface area contributed by atoms with E-state index in [0.29, 0.717) is 16.4 Å². The molecule has 136 valence electrons. The molecule has 7 heteroatoms. The number of fused-ring (bicyclic) bond motifs is 1. The molecule has 27 heavy (non-hydrogen) atoms. The maximum absolute atomic E-state index is 12.6. The number of carbonyl (C=O) groups is 3. The summed E-state index contributed by atoms with van der Waals surface area (Å²) in [5.41, 5.74) is 3.88. The molecule has 3 aromatic rings. The fraction of sp³-hybridized carbons (Fsp3) is 0.200. The van der Waals surface area contributed by atoms with Crippen LogP contribution in [0.1, 0.15) is 34.3 Å². The Morgan fingerprint density at radius 3 is 2.59 bits per heavy atom. The molecule has 1 aliphatic rings. The van der Waals surface area contributed by atoms with Crippen LogP contribution in [-0.4, -0.2) is 22.7 Å². The van der Waals surface area contributed by atoms with E-state index in [1.54, 1.807) is 24.3 Å². The molecule has 0 bridgehead atoms. The van der Waals surface area contributed by atoms with E-state index >= 15 is 0 Å². The zero-order chi connectivity index (χ0) is 19.1. The van der Waals surface area contributed by atoms with Crippen molar-refractivity contribution < 1.29 is 14.4 Å². The van der Waals surface area contributed by atoms with Gasteiger partial charge in [0.1, 0.15) is 0 Å². The highest BCUT2D eigenvalue weighted by Gasteiger charge is 2.30. The van der Waals surface area contributed by atoms with Crippen molar-refractivity contribution in [3.63, 3.8) is 0 Å². The summed E-state index contributed by atoms with van der Waals surface area (Å²) in [6, 6.07) is 10.6. The van der Waals surface area contributed by atoms with Gasteiger partial charge in [-0.3, -0.25) is 24.6 Å². The first-order valence-electron chi connectivity index (χ1n) is 8.57. The molecule has 3 amide bonds. The third-order valence-electron chi connectivity index (χ3n) is 4.47. The van der Waals surface area contributed by atoms with Crippen molar-refractivity contribution >= 4 is 50.1 Å². The second-order valence-corrected chi connectivity index (χ2v) is 7.61. The Kier molecular flexibility index (Phi) is 4.24. The number of hydrogen-bond acceptors (Lipinski definition) is 5. The smallest absolute Gasteiger partial charge is 0.257 e. The van der Waals surface area contributed by atoms with Gasteiger partial charge in [0.05, 0.1) is 15.9 Å². The Bertz CT molecular complexity index is 1090. The zero-order valence-electron chi connectivity index (χ0n) is 14.9. The number of nitrogens with one attached hydrogen (secondary N) is 1. The van der Waals surface area contributed by atoms with Crippen LogP contribution in [0.3, 0.4) is 0 Å². The summed E-state index contributed by atoms with van der Waals surface area (Å²) in [7, 11) is 0. The van der Waals surface area contributed by atoms with E-state index in [0.717, 1.165) is 26.2 Å². The normalized spacial score (nSPS) is 14.2. The lowest BCUT2D eigenvalue weighted by atomic mass is 10.1. The average molecular weight is 379 g/mol. The number of rotatable bonds is 3. The third-order valence-corrected chi connectivity index (χ3v) is 5.39. The van der Waals surface area contributed by atoms with Crippen molar-refractivity contribution in [1.82, 2.24) is 4.98 Å². The molecule has 0 atom stereocenters. The number of amides is 3. The zero-order valence-corrected chi connectivity index (χ0v) is 15.7. The minimum absolute atomic E-state index is 0.208. The number of imide groups is 1. The van der Waals surface area contributed by atoms with E-state index in [-0.39, 0.29) is 30.6 Å². The summed E-state index contributed by atoms with van der Waals surface area (Å²) in [6.07, 6.45) is 0.416. The second kappa shape index (κ2) is 6.59. The van der Waals surface area contributed by atoms with Crippen LogP contribution in [0.2, 0.25) is 0 Å². The fourth-order valence-corrected chi connectivity index (χ4v) is 4.28. The molecule has 2 heterocycles. The largest absolute Gasteiger partial charge is 0.298 e. The number of carbonyl (C=O) groups excluding carboxylic acids is 3. The predicted molar refractivity (Wildman–Crippen MR) is 105 cm³/mol. The first-order chi connectivity index (χ1) is 12.9. The number of aryl methyl sites for hydroxylation is 2. The summed E-state index contributed by atoms with van der Waals surface area (Å²) < 4.78 is 1.02. The predicted octanol–water partition coefficient (Wildman–Crippen LogP) is 3.82. The van der Waals surface area contributed by atoms with Gasteiger partial charge >= 0.3 is 0 Å². The average Bonchev–Trinajstić information content (AvgIpc) is 3.17. The van der Waals surface area contributed by atoms with Crippen LogP contribution >= 0.6 is 11.3 Å². The van der Waals surface area contributed by atoms with Crippen molar-refractivity contribution in [1.29, 1.82) is 0 Å². The minimum atomic E-state index is -0.329. The van der Waals surface area contributed by atoms with Crippen LogP contribution in [-0.2, 0) is 9.59 Å². The molecule has 1 aromatic heterocycles. The van der Waals surface area contributed by atoms with Crippen LogP contribution in [0.4, 0.5) is 10.8 Å². The van der Waals surface area contributed by atoms with Gasteiger partial charge in [-0.25, -0.2) is 4.98 Å². The molecule has 1 aliphatic heterocycles. The molecule has 2 aromatic carbocycles. The van der Waals surface area contributed by atoms with E-state index in [9.17, 15) is 14.4 Å². The van der Waals surface area contributed by atoms with Gasteiger partial charge in [0.15, 0.2) is 5.13 Å². The van der Waals surface area contributed by atoms with Crippen molar-refractivity contribution in [3.8, 4) is 0 Å². The van der Waals surface area contributed by atoms with Gasteiger partial charge in [-0.1, -0.05) is 23.5 Å². The van der Waals surface area contributed by atoms with Crippen LogP contribution in [0.25, 0.3) is 10.2 Å². The van der Waals surface area contributed by atoms with Gasteiger partial charge in [-0.2, -0.15) is 0 Å². The summed E-state index contributed by atoms with van der Waals surface area (Å²) in [6.45, 7) is 4.02. The van der Waals surface area contributed by atoms with Gasteiger partial charge in [0, 0.05) is 18.4 Å². The molecule has 0 spiro atoms. The summed E-state index contributed by atoms with van der Waals surface area (Å²) in [4.78, 5) is 42.1. The molecule has 1 fully saturated rings. The summed E-state index contributed by atoms with van der Waals surface area (Å²) in [5.74, 6) is -0.812. The summed E-state index contributed by atoms with van der Waals surface area (Å²) >= 11 is 1.42. The number of nitrogens with zero attached hydrogens (tertiary/aromatic N) is 2. The van der Waals surface area contributed by atoms with Gasteiger partial charge in [0.2, 0.25) is 11.8 Å². The van der Waals surface area contributed by atoms with Crippen LogP contribution in [0.15, 0.2) is 36.4 Å². The number of hydrogen-bond donors (Lipinski definition) is 1. The van der Waals surface area contributed by atoms with E-state index < -0.39 is 0 Å². The topological polar surface area (TPSA) is 79.4 Å². The van der Waals surface area contributed by atoms with E-state index in [1.165, 1.54) is 11.3 Å². The lowest BCUT2D eigenvalue weighted by molar-refractivity contribution is -0.121. The first kappa shape index (κ1) is 17.4. The molecule has 0 unspecified atom stereocenters. The van der Waals surface area contributed by atoms with Crippen molar-refractivity contribution in [2.75, 3.05) is 10.2 Å². The Labute approximate surface area is 159 Å². The second-order valence-electron chi connectivity index (χ2n) is 6.57. The number of aromatic nitrogens is 1. The first-order valence-corrected chi connectivity index (χ1v) is 9.39. The van der Waals surface area contributed by atoms with Gasteiger partial charge in [0.25, 0.3) is 5.91 Å². The highest BCUT2D eigenvalue weighted by molar-refractivity contribution is 7.22. The number of benzene rings is 2. The Morgan fingerprint density at radius 1 is 1.11 bits per heavy atom. The van der Waals surface area contributed by atoms with Crippen LogP contribution < -0.4 is 10.2 Å². The maximum Gasteiger partial charge on any atom is 0.257 e. The number of anilines is 2. The molecule has 1 N–H and O–H groups in total. The lowest BCUT2D eigenvalue weighted by Gasteiger charge is -2.14. The van der Waals surface area contributed by atoms with Gasteiger partial charge in [-0.05, 0) is 49.2 Å². The highest BCUT2D eigenvalue weighted by Crippen LogP contribution is 2.30. The SMILES string of the molecule is Cc1cc(C)c2nc(NC(=O)c3cccc(N4C(=O)CCC4=O)c3)sc2c1. The van der Waals surface area contributed by atoms with Crippen molar-refractivity contribution in [2.45, 2.75) is 26.7 Å². The fourth-order valence-electron chi connectivity index (χ4n) is 3.24. The van der Waals surface area contributed by atoms with E-state index in [1.807, 2.05) is 19.9 Å². The lowest BCUT2D eigenvalue weighted by Crippen LogP contribution is -2.28. The standard InChI is InChI=1S/C20H17N3O3S/c1-11-8-12(2)18-15(9-11)27-20(21-18)22-19(26)13-4-3-5-14(10-13)23-16(24)6-7-17(23)25/h3-5,8-10H,6-7H2,1-2H3,(H,21,22,26). The van der Waals surface area contributed by atoms with Crippen molar-refractivity contribution in [3.05, 3.63) is 53.1 Å². The maximum atomic E-state index is 12.6. The number of thiazole rings is 1. The van der Waals surface area contributed by atoms with Crippen molar-refractivity contribution in [2.24, 2.45) is 0 Å². The van der Waals surface area contributed by atoms with Gasteiger partial charge < -0.3 is 0 Å². The molecule has 0 radical (unpaired) electrons. The molecule has 6 nitrogen and oxygen atoms in total. The molecule has 0 saturated carbocycles. The van der Waals surface area contributed by atoms with Crippen LogP contribution in [0.5, 0.6) is 0 Å². The Balaban J connectivity index is 1.60. The molecule has 4 rings (SSSR count). The van der Waals surface area contributed by atoms with E-state index in [4.69, 9.17) is 0 Å². The molecule has 0 aliphatic carbocycles. The Morgan fingerprint density at radius 2 is 1.85 bits per heavy atom. The molecule has 1 saturated heterocycles. The van der Waals surface area contributed by atoms with Crippen LogP contribution in [0, 0.1) is 13.8 Å².